The second kappa shape index (κ2) is 4.32. The van der Waals surface area contributed by atoms with Gasteiger partial charge in [0.2, 0.25) is 0 Å². The van der Waals surface area contributed by atoms with Gasteiger partial charge < -0.3 is 5.32 Å². The van der Waals surface area contributed by atoms with Gasteiger partial charge in [0.25, 0.3) is 0 Å². The Kier molecular flexibility index (Phi) is 3.08. The molecule has 0 saturated carbocycles. The predicted octanol–water partition coefficient (Wildman–Crippen LogP) is 1.76. The van der Waals surface area contributed by atoms with Crippen LogP contribution in [0.15, 0.2) is 12.3 Å². The van der Waals surface area contributed by atoms with Gasteiger partial charge >= 0.3 is 0 Å². The summed E-state index contributed by atoms with van der Waals surface area (Å²) < 4.78 is 0. The van der Waals surface area contributed by atoms with Gasteiger partial charge in [-0.05, 0) is 22.8 Å². The van der Waals surface area contributed by atoms with Crippen LogP contribution in [-0.4, -0.2) is 17.3 Å². The third-order valence-electron chi connectivity index (χ3n) is 2.78. The lowest BCUT2D eigenvalue weighted by molar-refractivity contribution is 0.627. The first-order valence-electron chi connectivity index (χ1n) is 5.10. The highest BCUT2D eigenvalue weighted by molar-refractivity contribution is 7.80. The molecule has 3 heteroatoms. The maximum absolute atomic E-state index is 4.51. The lowest BCUT2D eigenvalue weighted by atomic mass is 9.99. The summed E-state index contributed by atoms with van der Waals surface area (Å²) in [7, 11) is 0. The first kappa shape index (κ1) is 9.99. The molecule has 76 valence electrons. The molecule has 2 rings (SSSR count). The van der Waals surface area contributed by atoms with Gasteiger partial charge in [0.1, 0.15) is 0 Å². The maximum atomic E-state index is 4.51. The number of hydrogen-bond donors (Lipinski definition) is 2. The Morgan fingerprint density at radius 2 is 2.50 bits per heavy atom. The minimum atomic E-state index is 0.498. The monoisotopic (exact) mass is 208 g/mol. The van der Waals surface area contributed by atoms with Crippen LogP contribution in [-0.2, 0) is 13.0 Å². The van der Waals surface area contributed by atoms with Gasteiger partial charge in [0.15, 0.2) is 0 Å². The molecule has 0 bridgehead atoms. The molecule has 2 heterocycles. The molecule has 0 saturated heterocycles. The number of nitrogens with zero attached hydrogens (tertiary/aromatic N) is 1. The molecule has 1 aromatic heterocycles. The molecular weight excluding hydrogens is 192 g/mol. The second-order valence-electron chi connectivity index (χ2n) is 3.88. The molecule has 0 spiro atoms. The number of hydrogen-bond acceptors (Lipinski definition) is 3. The fourth-order valence-electron chi connectivity index (χ4n) is 1.74. The molecule has 1 aliphatic rings. The van der Waals surface area contributed by atoms with E-state index < -0.39 is 0 Å². The number of rotatable bonds is 2. The predicted molar refractivity (Wildman–Crippen MR) is 61.9 cm³/mol. The summed E-state index contributed by atoms with van der Waals surface area (Å²) in [5, 5.41) is 3.37. The van der Waals surface area contributed by atoms with E-state index in [0.717, 1.165) is 25.3 Å². The second-order valence-corrected chi connectivity index (χ2v) is 4.25. The van der Waals surface area contributed by atoms with Crippen LogP contribution in [0.2, 0.25) is 0 Å². The first-order chi connectivity index (χ1) is 6.81. The van der Waals surface area contributed by atoms with Crippen molar-refractivity contribution in [3.63, 3.8) is 0 Å². The molecule has 0 aromatic carbocycles. The fraction of sp³-hybridized carbons (Fsp3) is 0.545. The molecule has 0 amide bonds. The lowest BCUT2D eigenvalue weighted by Gasteiger charge is -2.18. The third kappa shape index (κ3) is 1.93. The molecular formula is C11H16N2S. The van der Waals surface area contributed by atoms with Crippen molar-refractivity contribution < 1.29 is 0 Å². The average molecular weight is 208 g/mol. The summed E-state index contributed by atoms with van der Waals surface area (Å²) in [6.07, 6.45) is 3.07. The average Bonchev–Trinajstić information content (AvgIpc) is 2.27. The van der Waals surface area contributed by atoms with Crippen LogP contribution >= 0.6 is 12.6 Å². The van der Waals surface area contributed by atoms with E-state index in [1.807, 2.05) is 6.20 Å². The molecule has 1 N–H and O–H groups in total. The highest BCUT2D eigenvalue weighted by Gasteiger charge is 2.12. The van der Waals surface area contributed by atoms with Crippen molar-refractivity contribution in [3.8, 4) is 0 Å². The molecule has 2 nitrogen and oxygen atoms in total. The molecule has 1 unspecified atom stereocenters. The Balaban J connectivity index is 2.29. The largest absolute Gasteiger partial charge is 0.312 e. The molecule has 1 aliphatic heterocycles. The van der Waals surface area contributed by atoms with Crippen molar-refractivity contribution in [2.24, 2.45) is 0 Å². The summed E-state index contributed by atoms with van der Waals surface area (Å²) >= 11 is 4.31. The summed E-state index contributed by atoms with van der Waals surface area (Å²) in [6, 6.07) is 2.27. The first-order valence-corrected chi connectivity index (χ1v) is 5.74. The zero-order valence-electron chi connectivity index (χ0n) is 8.45. The third-order valence-corrected chi connectivity index (χ3v) is 3.33. The number of pyridine rings is 1. The van der Waals surface area contributed by atoms with Crippen molar-refractivity contribution >= 4 is 12.6 Å². The molecule has 1 atom stereocenters. The van der Waals surface area contributed by atoms with Crippen LogP contribution in [0, 0.1) is 0 Å². The maximum Gasteiger partial charge on any atom is 0.0461 e. The smallest absolute Gasteiger partial charge is 0.0461 e. The van der Waals surface area contributed by atoms with Gasteiger partial charge in [0.05, 0.1) is 0 Å². The van der Waals surface area contributed by atoms with Crippen molar-refractivity contribution in [2.45, 2.75) is 25.8 Å². The van der Waals surface area contributed by atoms with E-state index in [4.69, 9.17) is 0 Å². The topological polar surface area (TPSA) is 24.9 Å². The Labute approximate surface area is 90.5 Å². The van der Waals surface area contributed by atoms with E-state index in [1.54, 1.807) is 0 Å². The molecule has 0 fully saturated rings. The molecule has 0 aliphatic carbocycles. The highest BCUT2D eigenvalue weighted by Crippen LogP contribution is 2.20. The molecule has 0 radical (unpaired) electrons. The fourth-order valence-corrected chi connectivity index (χ4v) is 1.95. The van der Waals surface area contributed by atoms with Crippen LogP contribution < -0.4 is 5.32 Å². The van der Waals surface area contributed by atoms with Crippen LogP contribution in [0.3, 0.4) is 0 Å². The number of fused-ring (bicyclic) bond motifs is 1. The summed E-state index contributed by atoms with van der Waals surface area (Å²) in [4.78, 5) is 4.51. The standard InChI is InChI=1S/C11H16N2S/c1-8(7-14)9-4-10-5-12-3-2-11(10)13-6-9/h4,6,8,12,14H,2-3,5,7H2,1H3. The van der Waals surface area contributed by atoms with Gasteiger partial charge in [-0.25, -0.2) is 0 Å². The van der Waals surface area contributed by atoms with Gasteiger partial charge in [-0.1, -0.05) is 13.0 Å². The zero-order chi connectivity index (χ0) is 9.97. The van der Waals surface area contributed by atoms with Crippen LogP contribution in [0.25, 0.3) is 0 Å². The van der Waals surface area contributed by atoms with Crippen LogP contribution in [0.4, 0.5) is 0 Å². The Bertz CT molecular complexity index is 325. The van der Waals surface area contributed by atoms with Gasteiger partial charge in [0, 0.05) is 31.4 Å². The van der Waals surface area contributed by atoms with E-state index in [9.17, 15) is 0 Å². The summed E-state index contributed by atoms with van der Waals surface area (Å²) in [5.74, 6) is 1.38. The Morgan fingerprint density at radius 3 is 3.29 bits per heavy atom. The van der Waals surface area contributed by atoms with E-state index in [0.29, 0.717) is 5.92 Å². The van der Waals surface area contributed by atoms with Crippen LogP contribution in [0.1, 0.15) is 29.7 Å². The van der Waals surface area contributed by atoms with Gasteiger partial charge in [-0.15, -0.1) is 0 Å². The van der Waals surface area contributed by atoms with Gasteiger partial charge in [-0.3, -0.25) is 4.98 Å². The normalized spacial score (nSPS) is 17.6. The highest BCUT2D eigenvalue weighted by atomic mass is 32.1. The number of thiol groups is 1. The molecule has 14 heavy (non-hydrogen) atoms. The minimum Gasteiger partial charge on any atom is -0.312 e. The SMILES string of the molecule is CC(CS)c1cnc2c(c1)CNCC2. The molecule has 1 aromatic rings. The van der Waals surface area contributed by atoms with E-state index in [1.165, 1.54) is 16.8 Å². The minimum absolute atomic E-state index is 0.498. The van der Waals surface area contributed by atoms with Crippen molar-refractivity contribution in [3.05, 3.63) is 29.1 Å². The number of aromatic nitrogens is 1. The zero-order valence-corrected chi connectivity index (χ0v) is 9.35. The van der Waals surface area contributed by atoms with Crippen molar-refractivity contribution in [1.29, 1.82) is 0 Å². The lowest BCUT2D eigenvalue weighted by Crippen LogP contribution is -2.24. The quantitative estimate of drug-likeness (QED) is 0.724. The van der Waals surface area contributed by atoms with Crippen LogP contribution in [0.5, 0.6) is 0 Å². The van der Waals surface area contributed by atoms with E-state index in [-0.39, 0.29) is 0 Å². The van der Waals surface area contributed by atoms with Crippen molar-refractivity contribution in [2.75, 3.05) is 12.3 Å². The van der Waals surface area contributed by atoms with Crippen molar-refractivity contribution in [1.82, 2.24) is 10.3 Å². The van der Waals surface area contributed by atoms with E-state index in [2.05, 4.69) is 35.9 Å². The number of nitrogens with one attached hydrogen (secondary N) is 1. The summed E-state index contributed by atoms with van der Waals surface area (Å²) in [5.41, 5.74) is 3.93. The summed E-state index contributed by atoms with van der Waals surface area (Å²) in [6.45, 7) is 4.21. The Hall–Kier alpha value is -0.540. The van der Waals surface area contributed by atoms with Gasteiger partial charge in [-0.2, -0.15) is 12.6 Å². The Morgan fingerprint density at radius 1 is 1.64 bits per heavy atom. The van der Waals surface area contributed by atoms with E-state index >= 15 is 0 Å².